The highest BCUT2D eigenvalue weighted by Crippen LogP contribution is 2.19. The number of aliphatic hydroxyl groups is 1. The van der Waals surface area contributed by atoms with Crippen LogP contribution in [0.5, 0.6) is 0 Å². The van der Waals surface area contributed by atoms with Gasteiger partial charge in [-0.15, -0.1) is 0 Å². The summed E-state index contributed by atoms with van der Waals surface area (Å²) in [5, 5.41) is 9.19. The van der Waals surface area contributed by atoms with E-state index in [0.29, 0.717) is 30.5 Å². The smallest absolute Gasteiger partial charge is 0.341 e. The van der Waals surface area contributed by atoms with Gasteiger partial charge in [-0.25, -0.2) is 4.79 Å². The molecule has 5 nitrogen and oxygen atoms in total. The van der Waals surface area contributed by atoms with Gasteiger partial charge in [0.25, 0.3) is 0 Å². The van der Waals surface area contributed by atoms with Crippen LogP contribution < -0.4 is 0 Å². The number of aryl methyl sites for hydroxylation is 1. The molecule has 0 atom stereocenters. The second kappa shape index (κ2) is 8.07. The first kappa shape index (κ1) is 16.7. The minimum Gasteiger partial charge on any atom is -0.465 e. The van der Waals surface area contributed by atoms with Gasteiger partial charge in [0.1, 0.15) is 17.1 Å². The van der Waals surface area contributed by atoms with Crippen molar-refractivity contribution < 1.29 is 19.1 Å². The second-order valence-corrected chi connectivity index (χ2v) is 4.84. The number of hydrogen-bond acceptors (Lipinski definition) is 5. The van der Waals surface area contributed by atoms with Crippen molar-refractivity contribution in [2.45, 2.75) is 46.2 Å². The summed E-state index contributed by atoms with van der Waals surface area (Å²) in [5.74, 6) is 0.914. The number of esters is 1. The van der Waals surface area contributed by atoms with Crippen LogP contribution in [-0.4, -0.2) is 42.3 Å². The lowest BCUT2D eigenvalue weighted by Gasteiger charge is -2.28. The third-order valence-corrected chi connectivity index (χ3v) is 3.58. The molecule has 5 heteroatoms. The molecule has 20 heavy (non-hydrogen) atoms. The zero-order chi connectivity index (χ0) is 15.1. The number of aliphatic hydroxyl groups excluding tert-OH is 1. The Morgan fingerprint density at radius 2 is 2.10 bits per heavy atom. The summed E-state index contributed by atoms with van der Waals surface area (Å²) in [4.78, 5) is 13.7. The summed E-state index contributed by atoms with van der Waals surface area (Å²) >= 11 is 0. The molecule has 0 aromatic carbocycles. The SMILES string of the molecule is CCC(CC)N(CCO)Cc1cc(C(=O)OC)c(C)o1. The molecule has 0 radical (unpaired) electrons. The highest BCUT2D eigenvalue weighted by Gasteiger charge is 2.20. The number of furan rings is 1. The minimum absolute atomic E-state index is 0.111. The normalized spacial score (nSPS) is 11.3. The van der Waals surface area contributed by atoms with Crippen molar-refractivity contribution in [2.24, 2.45) is 0 Å². The summed E-state index contributed by atoms with van der Waals surface area (Å²) in [6, 6.07) is 2.13. The highest BCUT2D eigenvalue weighted by atomic mass is 16.5. The molecule has 1 rings (SSSR count). The third kappa shape index (κ3) is 4.08. The molecule has 1 aromatic heterocycles. The number of hydrogen-bond donors (Lipinski definition) is 1. The van der Waals surface area contributed by atoms with Gasteiger partial charge in [-0.2, -0.15) is 0 Å². The quantitative estimate of drug-likeness (QED) is 0.742. The van der Waals surface area contributed by atoms with Gasteiger partial charge in [0.2, 0.25) is 0 Å². The van der Waals surface area contributed by atoms with Gasteiger partial charge in [0, 0.05) is 12.6 Å². The second-order valence-electron chi connectivity index (χ2n) is 4.84. The van der Waals surface area contributed by atoms with Crippen molar-refractivity contribution in [3.63, 3.8) is 0 Å². The molecule has 1 aromatic rings. The van der Waals surface area contributed by atoms with Crippen molar-refractivity contribution >= 4 is 5.97 Å². The number of nitrogens with zero attached hydrogens (tertiary/aromatic N) is 1. The Balaban J connectivity index is 2.86. The van der Waals surface area contributed by atoms with E-state index in [1.54, 1.807) is 13.0 Å². The van der Waals surface area contributed by atoms with Gasteiger partial charge in [0.15, 0.2) is 0 Å². The van der Waals surface area contributed by atoms with Crippen molar-refractivity contribution in [2.75, 3.05) is 20.3 Å². The number of carbonyl (C=O) groups is 1. The van der Waals surface area contributed by atoms with Crippen LogP contribution >= 0.6 is 0 Å². The van der Waals surface area contributed by atoms with Crippen molar-refractivity contribution in [1.29, 1.82) is 0 Å². The van der Waals surface area contributed by atoms with E-state index in [1.165, 1.54) is 7.11 Å². The topological polar surface area (TPSA) is 62.9 Å². The lowest BCUT2D eigenvalue weighted by molar-refractivity contribution is 0.0599. The highest BCUT2D eigenvalue weighted by molar-refractivity contribution is 5.90. The molecular weight excluding hydrogens is 258 g/mol. The molecule has 1 N–H and O–H groups in total. The summed E-state index contributed by atoms with van der Waals surface area (Å²) in [7, 11) is 1.36. The zero-order valence-corrected chi connectivity index (χ0v) is 12.8. The first-order chi connectivity index (χ1) is 9.57. The molecule has 0 saturated carbocycles. The molecule has 114 valence electrons. The number of rotatable bonds is 8. The van der Waals surface area contributed by atoms with Crippen molar-refractivity contribution in [1.82, 2.24) is 4.90 Å². The summed E-state index contributed by atoms with van der Waals surface area (Å²) in [6.45, 7) is 7.31. The number of ether oxygens (including phenoxy) is 1. The largest absolute Gasteiger partial charge is 0.465 e. The Kier molecular flexibility index (Phi) is 6.75. The fourth-order valence-electron chi connectivity index (χ4n) is 2.46. The van der Waals surface area contributed by atoms with E-state index in [1.807, 2.05) is 0 Å². The summed E-state index contributed by atoms with van der Waals surface area (Å²) < 4.78 is 10.3. The van der Waals surface area contributed by atoms with Crippen LogP contribution in [0, 0.1) is 6.92 Å². The van der Waals surface area contributed by atoms with Crippen LogP contribution in [0.2, 0.25) is 0 Å². The van der Waals surface area contributed by atoms with E-state index >= 15 is 0 Å². The lowest BCUT2D eigenvalue weighted by atomic mass is 10.1. The van der Waals surface area contributed by atoms with Gasteiger partial charge in [-0.05, 0) is 25.8 Å². The molecule has 0 saturated heterocycles. The molecule has 0 spiro atoms. The minimum atomic E-state index is -0.381. The van der Waals surface area contributed by atoms with E-state index in [4.69, 9.17) is 9.15 Å². The van der Waals surface area contributed by atoms with Crippen molar-refractivity contribution in [3.05, 3.63) is 23.2 Å². The van der Waals surface area contributed by atoms with E-state index in [0.717, 1.165) is 18.6 Å². The fraction of sp³-hybridized carbons (Fsp3) is 0.667. The Morgan fingerprint density at radius 3 is 2.60 bits per heavy atom. The molecule has 0 unspecified atom stereocenters. The maximum atomic E-state index is 11.6. The molecule has 0 amide bonds. The standard InChI is InChI=1S/C15H25NO4/c1-5-12(6-2)16(7-8-17)10-13-9-14(11(3)20-13)15(18)19-4/h9,12,17H,5-8,10H2,1-4H3. The Labute approximate surface area is 120 Å². The van der Waals surface area contributed by atoms with Crippen LogP contribution in [0.15, 0.2) is 10.5 Å². The predicted octanol–water partition coefficient (Wildman–Crippen LogP) is 2.36. The Hall–Kier alpha value is -1.33. The van der Waals surface area contributed by atoms with E-state index in [-0.39, 0.29) is 12.6 Å². The average Bonchev–Trinajstić information content (AvgIpc) is 2.80. The Bertz CT molecular complexity index is 424. The molecular formula is C15H25NO4. The molecule has 0 aliphatic rings. The van der Waals surface area contributed by atoms with Gasteiger partial charge in [-0.3, -0.25) is 4.90 Å². The Morgan fingerprint density at radius 1 is 1.45 bits per heavy atom. The number of carbonyl (C=O) groups excluding carboxylic acids is 1. The monoisotopic (exact) mass is 283 g/mol. The molecule has 0 bridgehead atoms. The van der Waals surface area contributed by atoms with Gasteiger partial charge in [0.05, 0.1) is 20.3 Å². The first-order valence-electron chi connectivity index (χ1n) is 7.09. The third-order valence-electron chi connectivity index (χ3n) is 3.58. The van der Waals surface area contributed by atoms with E-state index < -0.39 is 0 Å². The van der Waals surface area contributed by atoms with Crippen LogP contribution in [0.4, 0.5) is 0 Å². The molecule has 0 fully saturated rings. The summed E-state index contributed by atoms with van der Waals surface area (Å²) in [6.07, 6.45) is 2.03. The lowest BCUT2D eigenvalue weighted by Crippen LogP contribution is -2.36. The summed E-state index contributed by atoms with van der Waals surface area (Å²) in [5.41, 5.74) is 0.469. The first-order valence-corrected chi connectivity index (χ1v) is 7.09. The zero-order valence-electron chi connectivity index (χ0n) is 12.8. The van der Waals surface area contributed by atoms with Gasteiger partial charge >= 0.3 is 5.97 Å². The van der Waals surface area contributed by atoms with Crippen LogP contribution in [0.1, 0.15) is 48.6 Å². The fourth-order valence-corrected chi connectivity index (χ4v) is 2.46. The van der Waals surface area contributed by atoms with Crippen LogP contribution in [0.25, 0.3) is 0 Å². The molecule has 0 aliphatic heterocycles. The van der Waals surface area contributed by atoms with E-state index in [2.05, 4.69) is 18.7 Å². The van der Waals surface area contributed by atoms with Gasteiger partial charge < -0.3 is 14.3 Å². The maximum Gasteiger partial charge on any atom is 0.341 e. The maximum absolute atomic E-state index is 11.6. The predicted molar refractivity (Wildman–Crippen MR) is 76.7 cm³/mol. The average molecular weight is 283 g/mol. The van der Waals surface area contributed by atoms with Crippen molar-refractivity contribution in [3.8, 4) is 0 Å². The van der Waals surface area contributed by atoms with Crippen LogP contribution in [0.3, 0.4) is 0 Å². The molecule has 1 heterocycles. The van der Waals surface area contributed by atoms with Gasteiger partial charge in [-0.1, -0.05) is 13.8 Å². The molecule has 0 aliphatic carbocycles. The van der Waals surface area contributed by atoms with Crippen LogP contribution in [-0.2, 0) is 11.3 Å². The van der Waals surface area contributed by atoms with E-state index in [9.17, 15) is 9.90 Å². The number of methoxy groups -OCH3 is 1.